The van der Waals surface area contributed by atoms with Gasteiger partial charge in [0, 0.05) is 38.0 Å². The first-order chi connectivity index (χ1) is 9.65. The Morgan fingerprint density at radius 2 is 2.15 bits per heavy atom. The zero-order valence-corrected chi connectivity index (χ0v) is 13.3. The Balaban J connectivity index is 2.05. The molecule has 1 unspecified atom stereocenters. The Morgan fingerprint density at radius 3 is 2.70 bits per heavy atom. The number of ether oxygens (including phenoxy) is 1. The molecule has 0 heterocycles. The average molecular weight is 276 g/mol. The fourth-order valence-corrected chi connectivity index (χ4v) is 2.68. The predicted molar refractivity (Wildman–Crippen MR) is 85.4 cm³/mol. The number of nitrogens with one attached hydrogen (secondary N) is 1. The van der Waals surface area contributed by atoms with Gasteiger partial charge in [-0.2, -0.15) is 0 Å². The Hall–Kier alpha value is -1.06. The largest absolute Gasteiger partial charge is 0.383 e. The number of aryl methyl sites for hydroxylation is 1. The third-order valence-electron chi connectivity index (χ3n) is 4.10. The molecule has 0 amide bonds. The van der Waals surface area contributed by atoms with Crippen LogP contribution in [0.1, 0.15) is 37.8 Å². The highest BCUT2D eigenvalue weighted by molar-refractivity contribution is 5.51. The van der Waals surface area contributed by atoms with Crippen molar-refractivity contribution in [1.29, 1.82) is 0 Å². The van der Waals surface area contributed by atoms with E-state index in [4.69, 9.17) is 4.74 Å². The lowest BCUT2D eigenvalue weighted by atomic mass is 10.1. The second kappa shape index (κ2) is 7.09. The summed E-state index contributed by atoms with van der Waals surface area (Å²) in [4.78, 5) is 2.40. The topological polar surface area (TPSA) is 24.5 Å². The Morgan fingerprint density at radius 1 is 1.40 bits per heavy atom. The molecule has 0 radical (unpaired) electrons. The first kappa shape index (κ1) is 15.3. The minimum absolute atomic E-state index is 0.403. The molecule has 2 rings (SSSR count). The normalized spacial score (nSPS) is 16.2. The molecule has 1 saturated carbocycles. The van der Waals surface area contributed by atoms with Crippen molar-refractivity contribution >= 4 is 5.69 Å². The molecule has 1 aromatic carbocycles. The van der Waals surface area contributed by atoms with E-state index in [2.05, 4.69) is 49.2 Å². The van der Waals surface area contributed by atoms with E-state index < -0.39 is 0 Å². The Labute approximate surface area is 123 Å². The number of anilines is 1. The van der Waals surface area contributed by atoms with E-state index in [1.165, 1.54) is 29.7 Å². The van der Waals surface area contributed by atoms with Crippen molar-refractivity contribution < 1.29 is 4.74 Å². The number of nitrogens with zero attached hydrogens (tertiary/aromatic N) is 1. The molecule has 112 valence electrons. The summed E-state index contributed by atoms with van der Waals surface area (Å²) in [5, 5.41) is 3.59. The summed E-state index contributed by atoms with van der Waals surface area (Å²) in [5.74, 6) is 0. The molecule has 0 aliphatic heterocycles. The van der Waals surface area contributed by atoms with Crippen LogP contribution in [0.2, 0.25) is 0 Å². The lowest BCUT2D eigenvalue weighted by molar-refractivity contribution is 0.182. The van der Waals surface area contributed by atoms with Gasteiger partial charge in [0.15, 0.2) is 0 Å². The lowest BCUT2D eigenvalue weighted by Crippen LogP contribution is -2.36. The highest BCUT2D eigenvalue weighted by Crippen LogP contribution is 2.23. The summed E-state index contributed by atoms with van der Waals surface area (Å²) in [7, 11) is 1.77. The fourth-order valence-electron chi connectivity index (χ4n) is 2.68. The van der Waals surface area contributed by atoms with E-state index in [9.17, 15) is 0 Å². The summed E-state index contributed by atoms with van der Waals surface area (Å²) < 4.78 is 5.28. The smallest absolute Gasteiger partial charge is 0.0663 e. The van der Waals surface area contributed by atoms with Gasteiger partial charge in [0.1, 0.15) is 0 Å². The molecule has 1 atom stereocenters. The van der Waals surface area contributed by atoms with Crippen LogP contribution in [0.15, 0.2) is 18.2 Å². The van der Waals surface area contributed by atoms with Crippen molar-refractivity contribution in [2.75, 3.05) is 25.2 Å². The Bertz CT molecular complexity index is 429. The van der Waals surface area contributed by atoms with Crippen LogP contribution in [0.3, 0.4) is 0 Å². The molecule has 3 heteroatoms. The van der Waals surface area contributed by atoms with E-state index in [1.807, 2.05) is 0 Å². The van der Waals surface area contributed by atoms with Crippen molar-refractivity contribution in [3.8, 4) is 0 Å². The molecule has 0 aromatic heterocycles. The summed E-state index contributed by atoms with van der Waals surface area (Å²) in [6, 6.07) is 7.98. The van der Waals surface area contributed by atoms with Gasteiger partial charge in [-0.3, -0.25) is 0 Å². The van der Waals surface area contributed by atoms with Gasteiger partial charge in [-0.05, 0) is 56.9 Å². The number of methoxy groups -OCH3 is 1. The monoisotopic (exact) mass is 276 g/mol. The Kier molecular flexibility index (Phi) is 5.44. The minimum Gasteiger partial charge on any atom is -0.383 e. The maximum absolute atomic E-state index is 5.28. The molecule has 0 saturated heterocycles. The highest BCUT2D eigenvalue weighted by atomic mass is 16.5. The first-order valence-electron chi connectivity index (χ1n) is 7.74. The van der Waals surface area contributed by atoms with Gasteiger partial charge in [-0.25, -0.2) is 0 Å². The van der Waals surface area contributed by atoms with Crippen molar-refractivity contribution in [2.24, 2.45) is 0 Å². The van der Waals surface area contributed by atoms with E-state index in [0.717, 1.165) is 25.7 Å². The van der Waals surface area contributed by atoms with E-state index in [0.29, 0.717) is 6.04 Å². The van der Waals surface area contributed by atoms with Crippen LogP contribution in [0.4, 0.5) is 5.69 Å². The average Bonchev–Trinajstić information content (AvgIpc) is 3.23. The summed E-state index contributed by atoms with van der Waals surface area (Å²) in [5.41, 5.74) is 4.08. The number of hydrogen-bond donors (Lipinski definition) is 1. The summed E-state index contributed by atoms with van der Waals surface area (Å²) in [6.07, 6.45) is 2.69. The van der Waals surface area contributed by atoms with Gasteiger partial charge >= 0.3 is 0 Å². The lowest BCUT2D eigenvalue weighted by Gasteiger charge is -2.30. The van der Waals surface area contributed by atoms with Crippen molar-refractivity contribution in [1.82, 2.24) is 5.32 Å². The van der Waals surface area contributed by atoms with Gasteiger partial charge in [-0.15, -0.1) is 0 Å². The van der Waals surface area contributed by atoms with Gasteiger partial charge in [0.2, 0.25) is 0 Å². The van der Waals surface area contributed by atoms with Crippen molar-refractivity contribution in [3.05, 3.63) is 29.3 Å². The number of rotatable bonds is 8. The maximum atomic E-state index is 5.28. The van der Waals surface area contributed by atoms with Crippen LogP contribution in [0, 0.1) is 6.92 Å². The predicted octanol–water partition coefficient (Wildman–Crippen LogP) is 3.11. The molecule has 3 nitrogen and oxygen atoms in total. The molecule has 1 aliphatic carbocycles. The zero-order chi connectivity index (χ0) is 14.5. The van der Waals surface area contributed by atoms with Crippen LogP contribution in [-0.2, 0) is 11.3 Å². The minimum atomic E-state index is 0.403. The molecular weight excluding hydrogens is 248 g/mol. The van der Waals surface area contributed by atoms with Gasteiger partial charge in [0.25, 0.3) is 0 Å². The van der Waals surface area contributed by atoms with Crippen molar-refractivity contribution in [3.63, 3.8) is 0 Å². The molecule has 1 fully saturated rings. The fraction of sp³-hybridized carbons (Fsp3) is 0.647. The number of hydrogen-bond acceptors (Lipinski definition) is 3. The van der Waals surface area contributed by atoms with Crippen LogP contribution >= 0.6 is 0 Å². The molecule has 1 N–H and O–H groups in total. The molecule has 0 spiro atoms. The van der Waals surface area contributed by atoms with Crippen LogP contribution in [0.25, 0.3) is 0 Å². The third kappa shape index (κ3) is 3.97. The highest BCUT2D eigenvalue weighted by Gasteiger charge is 2.20. The first-order valence-corrected chi connectivity index (χ1v) is 7.74. The maximum Gasteiger partial charge on any atom is 0.0663 e. The SMILES string of the molecule is CCN(c1ccc(CNC2CC2)c(C)c1)C(C)COC. The molecule has 1 aromatic rings. The van der Waals surface area contributed by atoms with Gasteiger partial charge in [0.05, 0.1) is 6.61 Å². The van der Waals surface area contributed by atoms with Crippen LogP contribution < -0.4 is 10.2 Å². The summed E-state index contributed by atoms with van der Waals surface area (Å²) in [6.45, 7) is 9.38. The standard InChI is InChI=1S/C17H28N2O/c1-5-19(14(3)12-20-4)17-9-6-15(13(2)10-17)11-18-16-7-8-16/h6,9-10,14,16,18H,5,7-8,11-12H2,1-4H3. The third-order valence-corrected chi connectivity index (χ3v) is 4.10. The van der Waals surface area contributed by atoms with Gasteiger partial charge in [-0.1, -0.05) is 6.07 Å². The van der Waals surface area contributed by atoms with Crippen molar-refractivity contribution in [2.45, 2.75) is 52.2 Å². The molecular formula is C17H28N2O. The number of benzene rings is 1. The van der Waals surface area contributed by atoms with E-state index in [-0.39, 0.29) is 0 Å². The summed E-state index contributed by atoms with van der Waals surface area (Å²) >= 11 is 0. The molecule has 20 heavy (non-hydrogen) atoms. The van der Waals surface area contributed by atoms with E-state index in [1.54, 1.807) is 7.11 Å². The van der Waals surface area contributed by atoms with Crippen LogP contribution in [-0.4, -0.2) is 32.3 Å². The van der Waals surface area contributed by atoms with Crippen LogP contribution in [0.5, 0.6) is 0 Å². The van der Waals surface area contributed by atoms with Gasteiger partial charge < -0.3 is 15.0 Å². The zero-order valence-electron chi connectivity index (χ0n) is 13.3. The second-order valence-corrected chi connectivity index (χ2v) is 5.86. The molecule has 0 bridgehead atoms. The quantitative estimate of drug-likeness (QED) is 0.789. The second-order valence-electron chi connectivity index (χ2n) is 5.86. The molecule has 1 aliphatic rings. The van der Waals surface area contributed by atoms with E-state index >= 15 is 0 Å². The number of likely N-dealkylation sites (N-methyl/N-ethyl adjacent to an activating group) is 1.